The number of hydrogen-bond donors (Lipinski definition) is 2. The van der Waals surface area contributed by atoms with Crippen LogP contribution in [-0.2, 0) is 9.59 Å². The fraction of sp³-hybridized carbons (Fsp3) is 0.308. The molecular weight excluding hydrogens is 234 g/mol. The van der Waals surface area contributed by atoms with E-state index in [4.69, 9.17) is 15.5 Å². The second-order valence-electron chi connectivity index (χ2n) is 3.48. The molecule has 0 fully saturated rings. The molecule has 0 bridgehead atoms. The van der Waals surface area contributed by atoms with Gasteiger partial charge in [0.05, 0.1) is 11.6 Å². The number of carboxylic acid groups (broad SMARTS) is 2. The molecule has 0 unspecified atom stereocenters. The van der Waals surface area contributed by atoms with Crippen molar-refractivity contribution in [2.75, 3.05) is 0 Å². The van der Waals surface area contributed by atoms with Crippen molar-refractivity contribution in [3.8, 4) is 6.07 Å². The second kappa shape index (κ2) is 8.76. The third-order valence-electron chi connectivity index (χ3n) is 2.13. The number of rotatable bonds is 7. The van der Waals surface area contributed by atoms with Gasteiger partial charge in [0.15, 0.2) is 0 Å². The Bertz CT molecular complexity index is 438. The van der Waals surface area contributed by atoms with Crippen molar-refractivity contribution < 1.29 is 19.8 Å². The van der Waals surface area contributed by atoms with Gasteiger partial charge in [-0.05, 0) is 30.6 Å². The van der Waals surface area contributed by atoms with Crippen LogP contribution < -0.4 is 0 Å². The SMILES string of the molecule is CCCCC(C=CC#N)=C(C=CC(=O)O)C(=O)O. The van der Waals surface area contributed by atoms with Crippen LogP contribution in [0.5, 0.6) is 0 Å². The average molecular weight is 249 g/mol. The van der Waals surface area contributed by atoms with Gasteiger partial charge in [-0.15, -0.1) is 0 Å². The Morgan fingerprint density at radius 2 is 1.89 bits per heavy atom. The van der Waals surface area contributed by atoms with Gasteiger partial charge in [0.2, 0.25) is 0 Å². The molecule has 0 aromatic heterocycles. The first-order chi connectivity index (χ1) is 8.52. The summed E-state index contributed by atoms with van der Waals surface area (Å²) >= 11 is 0. The van der Waals surface area contributed by atoms with Crippen molar-refractivity contribution in [2.24, 2.45) is 0 Å². The van der Waals surface area contributed by atoms with Crippen molar-refractivity contribution in [1.82, 2.24) is 0 Å². The van der Waals surface area contributed by atoms with Gasteiger partial charge in [-0.2, -0.15) is 5.26 Å². The summed E-state index contributed by atoms with van der Waals surface area (Å²) in [6.45, 7) is 1.96. The van der Waals surface area contributed by atoms with E-state index in [2.05, 4.69) is 0 Å². The number of unbranched alkanes of at least 4 members (excludes halogenated alkanes) is 1. The largest absolute Gasteiger partial charge is 0.478 e. The normalized spacial score (nSPS) is 12.4. The summed E-state index contributed by atoms with van der Waals surface area (Å²) in [6, 6.07) is 1.79. The van der Waals surface area contributed by atoms with Gasteiger partial charge >= 0.3 is 11.9 Å². The number of carbonyl (C=O) groups is 2. The number of allylic oxidation sites excluding steroid dienone is 3. The Morgan fingerprint density at radius 1 is 1.22 bits per heavy atom. The maximum Gasteiger partial charge on any atom is 0.335 e. The van der Waals surface area contributed by atoms with Crippen LogP contribution in [0.4, 0.5) is 0 Å². The molecule has 5 heteroatoms. The van der Waals surface area contributed by atoms with Crippen molar-refractivity contribution in [2.45, 2.75) is 26.2 Å². The Hall–Kier alpha value is -2.35. The molecule has 0 amide bonds. The van der Waals surface area contributed by atoms with Crippen LogP contribution in [0.3, 0.4) is 0 Å². The summed E-state index contributed by atoms with van der Waals surface area (Å²) < 4.78 is 0. The van der Waals surface area contributed by atoms with Crippen LogP contribution in [-0.4, -0.2) is 22.2 Å². The molecule has 0 heterocycles. The van der Waals surface area contributed by atoms with Gasteiger partial charge < -0.3 is 10.2 Å². The monoisotopic (exact) mass is 249 g/mol. The minimum Gasteiger partial charge on any atom is -0.478 e. The Kier molecular flexibility index (Phi) is 7.62. The maximum atomic E-state index is 11.1. The van der Waals surface area contributed by atoms with Crippen LogP contribution in [0.1, 0.15) is 26.2 Å². The summed E-state index contributed by atoms with van der Waals surface area (Å²) in [5.41, 5.74) is 0.348. The van der Waals surface area contributed by atoms with Crippen molar-refractivity contribution in [3.63, 3.8) is 0 Å². The van der Waals surface area contributed by atoms with Gasteiger partial charge in [0, 0.05) is 12.2 Å². The van der Waals surface area contributed by atoms with Crippen LogP contribution >= 0.6 is 0 Å². The molecule has 2 N–H and O–H groups in total. The van der Waals surface area contributed by atoms with E-state index in [1.54, 1.807) is 6.07 Å². The van der Waals surface area contributed by atoms with E-state index in [1.165, 1.54) is 12.2 Å². The molecule has 0 aliphatic carbocycles. The Labute approximate surface area is 105 Å². The highest BCUT2D eigenvalue weighted by molar-refractivity contribution is 5.93. The molecule has 0 saturated heterocycles. The minimum absolute atomic E-state index is 0.0997. The molecule has 0 atom stereocenters. The van der Waals surface area contributed by atoms with Gasteiger partial charge in [-0.3, -0.25) is 0 Å². The molecule has 0 spiro atoms. The van der Waals surface area contributed by atoms with Crippen molar-refractivity contribution >= 4 is 11.9 Å². The molecule has 0 aromatic carbocycles. The Morgan fingerprint density at radius 3 is 2.33 bits per heavy atom. The summed E-state index contributed by atoms with van der Waals surface area (Å²) in [5.74, 6) is -2.42. The van der Waals surface area contributed by atoms with E-state index in [0.29, 0.717) is 12.0 Å². The highest BCUT2D eigenvalue weighted by atomic mass is 16.4. The lowest BCUT2D eigenvalue weighted by atomic mass is 10.0. The van der Waals surface area contributed by atoms with Gasteiger partial charge in [-0.25, -0.2) is 9.59 Å². The van der Waals surface area contributed by atoms with E-state index in [0.717, 1.165) is 25.0 Å². The van der Waals surface area contributed by atoms with Crippen LogP contribution in [0.15, 0.2) is 35.5 Å². The summed E-state index contributed by atoms with van der Waals surface area (Å²) in [6.07, 6.45) is 6.53. The number of nitriles is 1. The molecule has 96 valence electrons. The Balaban J connectivity index is 5.40. The molecule has 0 radical (unpaired) electrons. The third-order valence-corrected chi connectivity index (χ3v) is 2.13. The molecular formula is C13H15NO4. The van der Waals surface area contributed by atoms with Crippen LogP contribution in [0.25, 0.3) is 0 Å². The van der Waals surface area contributed by atoms with E-state index in [9.17, 15) is 9.59 Å². The standard InChI is InChI=1S/C13H15NO4/c1-2-3-5-10(6-4-9-14)11(13(17)18)7-8-12(15)16/h4,6-8H,2-3,5H2,1H3,(H,15,16)(H,17,18). The quantitative estimate of drug-likeness (QED) is 0.409. The number of hydrogen-bond acceptors (Lipinski definition) is 3. The number of nitrogens with zero attached hydrogens (tertiary/aromatic N) is 1. The number of aliphatic carboxylic acids is 2. The topological polar surface area (TPSA) is 98.4 Å². The third kappa shape index (κ3) is 6.28. The first kappa shape index (κ1) is 15.7. The lowest BCUT2D eigenvalue weighted by molar-refractivity contribution is -0.132. The first-order valence-corrected chi connectivity index (χ1v) is 5.46. The zero-order chi connectivity index (χ0) is 14.0. The molecule has 0 aliphatic rings. The van der Waals surface area contributed by atoms with Crippen molar-refractivity contribution in [3.05, 3.63) is 35.5 Å². The van der Waals surface area contributed by atoms with Crippen molar-refractivity contribution in [1.29, 1.82) is 5.26 Å². The number of carboxylic acids is 2. The van der Waals surface area contributed by atoms with Crippen LogP contribution in [0, 0.1) is 11.3 Å². The molecule has 5 nitrogen and oxygen atoms in total. The van der Waals surface area contributed by atoms with Crippen LogP contribution in [0.2, 0.25) is 0 Å². The first-order valence-electron chi connectivity index (χ1n) is 5.46. The van der Waals surface area contributed by atoms with E-state index >= 15 is 0 Å². The molecule has 18 heavy (non-hydrogen) atoms. The van der Waals surface area contributed by atoms with Gasteiger partial charge in [0.1, 0.15) is 0 Å². The lowest BCUT2D eigenvalue weighted by Crippen LogP contribution is -2.03. The minimum atomic E-state index is -1.21. The summed E-state index contributed by atoms with van der Waals surface area (Å²) in [4.78, 5) is 21.5. The van der Waals surface area contributed by atoms with E-state index in [1.807, 2.05) is 6.92 Å². The maximum absolute atomic E-state index is 11.1. The summed E-state index contributed by atoms with van der Waals surface area (Å²) in [7, 11) is 0. The smallest absolute Gasteiger partial charge is 0.335 e. The zero-order valence-electron chi connectivity index (χ0n) is 10.1. The zero-order valence-corrected chi connectivity index (χ0v) is 10.1. The van der Waals surface area contributed by atoms with Gasteiger partial charge in [0.25, 0.3) is 0 Å². The molecule has 0 aromatic rings. The molecule has 0 saturated carbocycles. The summed E-state index contributed by atoms with van der Waals surface area (Å²) in [5, 5.41) is 26.0. The highest BCUT2D eigenvalue weighted by Gasteiger charge is 2.09. The van der Waals surface area contributed by atoms with E-state index in [-0.39, 0.29) is 5.57 Å². The molecule has 0 aliphatic heterocycles. The van der Waals surface area contributed by atoms with Gasteiger partial charge in [-0.1, -0.05) is 13.3 Å². The predicted molar refractivity (Wildman–Crippen MR) is 65.7 cm³/mol. The fourth-order valence-electron chi connectivity index (χ4n) is 1.28. The lowest BCUT2D eigenvalue weighted by Gasteiger charge is -2.04. The fourth-order valence-corrected chi connectivity index (χ4v) is 1.28. The second-order valence-corrected chi connectivity index (χ2v) is 3.48. The average Bonchev–Trinajstić information content (AvgIpc) is 2.30. The predicted octanol–water partition coefficient (Wildman–Crippen LogP) is 2.28. The highest BCUT2D eigenvalue weighted by Crippen LogP contribution is 2.16. The molecule has 0 rings (SSSR count). The van der Waals surface area contributed by atoms with E-state index < -0.39 is 11.9 Å².